The molecule has 0 saturated heterocycles. The number of nitrogens with two attached hydrogens (primary N) is 1. The van der Waals surface area contributed by atoms with Crippen molar-refractivity contribution in [3.05, 3.63) is 29.3 Å². The van der Waals surface area contributed by atoms with Gasteiger partial charge in [-0.25, -0.2) is 0 Å². The van der Waals surface area contributed by atoms with Gasteiger partial charge in [-0.2, -0.15) is 0 Å². The van der Waals surface area contributed by atoms with Crippen LogP contribution in [0.2, 0.25) is 0 Å². The average molecular weight is 251 g/mol. The first-order valence-corrected chi connectivity index (χ1v) is 6.66. The predicted octanol–water partition coefficient (Wildman–Crippen LogP) is 2.55. The molecule has 0 bridgehead atoms. The highest BCUT2D eigenvalue weighted by Crippen LogP contribution is 2.22. The molecule has 102 valence electrons. The summed E-state index contributed by atoms with van der Waals surface area (Å²) in [4.78, 5) is 0. The van der Waals surface area contributed by atoms with Crippen LogP contribution in [-0.2, 0) is 17.6 Å². The van der Waals surface area contributed by atoms with Crippen molar-refractivity contribution in [2.45, 2.75) is 39.2 Å². The van der Waals surface area contributed by atoms with Crippen molar-refractivity contribution in [1.29, 1.82) is 0 Å². The number of rotatable bonds is 8. The molecule has 0 aliphatic heterocycles. The number of hydrogen-bond acceptors (Lipinski definition) is 3. The van der Waals surface area contributed by atoms with Crippen LogP contribution in [0.25, 0.3) is 0 Å². The van der Waals surface area contributed by atoms with Crippen LogP contribution in [-0.4, -0.2) is 26.4 Å². The Bertz CT molecular complexity index is 350. The lowest BCUT2D eigenvalue weighted by molar-refractivity contribution is 0.202. The molecule has 0 aliphatic rings. The lowest BCUT2D eigenvalue weighted by Crippen LogP contribution is -2.18. The summed E-state index contributed by atoms with van der Waals surface area (Å²) in [5.74, 6) is 0.968. The second kappa shape index (κ2) is 8.11. The summed E-state index contributed by atoms with van der Waals surface area (Å²) in [7, 11) is 1.72. The van der Waals surface area contributed by atoms with Crippen LogP contribution in [0.15, 0.2) is 18.2 Å². The Morgan fingerprint density at radius 2 is 2.06 bits per heavy atom. The standard InChI is InChI=1S/C15H25NO2/c1-4-8-18-15-6-5-13(7-9-17-3)11-14(15)10-12(2)16/h5-6,11-12H,4,7-10,16H2,1-3H3. The Morgan fingerprint density at radius 1 is 1.28 bits per heavy atom. The second-order valence-electron chi connectivity index (χ2n) is 4.71. The van der Waals surface area contributed by atoms with E-state index in [0.29, 0.717) is 0 Å². The molecule has 1 aromatic carbocycles. The average Bonchev–Trinajstić information content (AvgIpc) is 2.34. The van der Waals surface area contributed by atoms with Crippen molar-refractivity contribution in [2.24, 2.45) is 5.73 Å². The monoisotopic (exact) mass is 251 g/mol. The largest absolute Gasteiger partial charge is 0.493 e. The SMILES string of the molecule is CCCOc1ccc(CCOC)cc1CC(C)N. The van der Waals surface area contributed by atoms with Gasteiger partial charge in [-0.05, 0) is 43.4 Å². The molecule has 0 heterocycles. The lowest BCUT2D eigenvalue weighted by Gasteiger charge is -2.14. The first kappa shape index (κ1) is 15.0. The van der Waals surface area contributed by atoms with Crippen LogP contribution in [0.4, 0.5) is 0 Å². The van der Waals surface area contributed by atoms with Crippen LogP contribution in [0.5, 0.6) is 5.75 Å². The van der Waals surface area contributed by atoms with Gasteiger partial charge >= 0.3 is 0 Å². The van der Waals surface area contributed by atoms with Gasteiger partial charge in [0.2, 0.25) is 0 Å². The predicted molar refractivity (Wildman–Crippen MR) is 75.2 cm³/mol. The van der Waals surface area contributed by atoms with Gasteiger partial charge in [0.25, 0.3) is 0 Å². The highest BCUT2D eigenvalue weighted by atomic mass is 16.5. The summed E-state index contributed by atoms with van der Waals surface area (Å²) in [5.41, 5.74) is 8.37. The van der Waals surface area contributed by atoms with E-state index in [1.807, 2.05) is 6.92 Å². The third-order valence-electron chi connectivity index (χ3n) is 2.72. The third-order valence-corrected chi connectivity index (χ3v) is 2.72. The lowest BCUT2D eigenvalue weighted by atomic mass is 10.0. The maximum absolute atomic E-state index is 5.89. The van der Waals surface area contributed by atoms with E-state index in [0.717, 1.165) is 38.2 Å². The molecule has 1 aromatic rings. The van der Waals surface area contributed by atoms with Crippen molar-refractivity contribution < 1.29 is 9.47 Å². The minimum Gasteiger partial charge on any atom is -0.493 e. The second-order valence-corrected chi connectivity index (χ2v) is 4.71. The zero-order valence-corrected chi connectivity index (χ0v) is 11.7. The number of methoxy groups -OCH3 is 1. The van der Waals surface area contributed by atoms with Crippen LogP contribution >= 0.6 is 0 Å². The molecule has 1 atom stereocenters. The topological polar surface area (TPSA) is 44.5 Å². The zero-order valence-electron chi connectivity index (χ0n) is 11.7. The first-order valence-electron chi connectivity index (χ1n) is 6.66. The van der Waals surface area contributed by atoms with Gasteiger partial charge in [-0.3, -0.25) is 0 Å². The molecule has 0 fully saturated rings. The molecule has 0 aromatic heterocycles. The summed E-state index contributed by atoms with van der Waals surface area (Å²) in [5, 5.41) is 0. The van der Waals surface area contributed by atoms with E-state index in [-0.39, 0.29) is 6.04 Å². The molecule has 18 heavy (non-hydrogen) atoms. The van der Waals surface area contributed by atoms with Crippen molar-refractivity contribution in [3.8, 4) is 5.75 Å². The fraction of sp³-hybridized carbons (Fsp3) is 0.600. The summed E-state index contributed by atoms with van der Waals surface area (Å²) >= 11 is 0. The molecule has 0 saturated carbocycles. The van der Waals surface area contributed by atoms with E-state index in [9.17, 15) is 0 Å². The molecule has 3 nitrogen and oxygen atoms in total. The molecular weight excluding hydrogens is 226 g/mol. The number of benzene rings is 1. The van der Waals surface area contributed by atoms with E-state index in [1.165, 1.54) is 11.1 Å². The summed E-state index contributed by atoms with van der Waals surface area (Å²) in [6.45, 7) is 5.62. The molecule has 0 aliphatic carbocycles. The molecule has 1 unspecified atom stereocenters. The first-order chi connectivity index (χ1) is 8.67. The van der Waals surface area contributed by atoms with E-state index in [4.69, 9.17) is 15.2 Å². The van der Waals surface area contributed by atoms with Gasteiger partial charge in [0.05, 0.1) is 13.2 Å². The fourth-order valence-corrected chi connectivity index (χ4v) is 1.87. The Morgan fingerprint density at radius 3 is 2.67 bits per heavy atom. The van der Waals surface area contributed by atoms with Crippen LogP contribution < -0.4 is 10.5 Å². The highest BCUT2D eigenvalue weighted by molar-refractivity contribution is 5.38. The van der Waals surface area contributed by atoms with Gasteiger partial charge in [-0.1, -0.05) is 19.1 Å². The molecular formula is C15H25NO2. The Balaban J connectivity index is 2.81. The Labute approximate surface area is 110 Å². The Hall–Kier alpha value is -1.06. The molecule has 2 N–H and O–H groups in total. The summed E-state index contributed by atoms with van der Waals surface area (Å²) in [6.07, 6.45) is 2.79. The van der Waals surface area contributed by atoms with Crippen molar-refractivity contribution in [2.75, 3.05) is 20.3 Å². The van der Waals surface area contributed by atoms with Gasteiger partial charge in [0, 0.05) is 13.2 Å². The number of hydrogen-bond donors (Lipinski definition) is 1. The van der Waals surface area contributed by atoms with Gasteiger partial charge in [0.1, 0.15) is 5.75 Å². The minimum atomic E-state index is 0.145. The Kier molecular flexibility index (Phi) is 6.76. The van der Waals surface area contributed by atoms with Crippen LogP contribution in [0.3, 0.4) is 0 Å². The van der Waals surface area contributed by atoms with Crippen molar-refractivity contribution in [3.63, 3.8) is 0 Å². The molecule has 0 amide bonds. The van der Waals surface area contributed by atoms with Gasteiger partial charge < -0.3 is 15.2 Å². The molecule has 1 rings (SSSR count). The van der Waals surface area contributed by atoms with Crippen molar-refractivity contribution in [1.82, 2.24) is 0 Å². The maximum atomic E-state index is 5.89. The molecule has 3 heteroatoms. The van der Waals surface area contributed by atoms with Crippen molar-refractivity contribution >= 4 is 0 Å². The number of ether oxygens (including phenoxy) is 2. The minimum absolute atomic E-state index is 0.145. The normalized spacial score (nSPS) is 12.4. The van der Waals surface area contributed by atoms with E-state index in [1.54, 1.807) is 7.11 Å². The van der Waals surface area contributed by atoms with E-state index < -0.39 is 0 Å². The fourth-order valence-electron chi connectivity index (χ4n) is 1.87. The van der Waals surface area contributed by atoms with E-state index >= 15 is 0 Å². The van der Waals surface area contributed by atoms with Gasteiger partial charge in [-0.15, -0.1) is 0 Å². The van der Waals surface area contributed by atoms with Crippen LogP contribution in [0.1, 0.15) is 31.4 Å². The third kappa shape index (κ3) is 5.07. The smallest absolute Gasteiger partial charge is 0.122 e. The summed E-state index contributed by atoms with van der Waals surface area (Å²) in [6, 6.07) is 6.49. The maximum Gasteiger partial charge on any atom is 0.122 e. The molecule has 0 spiro atoms. The molecule has 0 radical (unpaired) electrons. The van der Waals surface area contributed by atoms with E-state index in [2.05, 4.69) is 25.1 Å². The zero-order chi connectivity index (χ0) is 13.4. The highest BCUT2D eigenvalue weighted by Gasteiger charge is 2.07. The summed E-state index contributed by atoms with van der Waals surface area (Å²) < 4.78 is 10.9. The quantitative estimate of drug-likeness (QED) is 0.772. The van der Waals surface area contributed by atoms with Gasteiger partial charge in [0.15, 0.2) is 0 Å². The van der Waals surface area contributed by atoms with Crippen LogP contribution in [0, 0.1) is 0 Å².